The highest BCUT2D eigenvalue weighted by Gasteiger charge is 2.43. The minimum atomic E-state index is -1.26. The van der Waals surface area contributed by atoms with Crippen LogP contribution in [0, 0.1) is 11.8 Å². The normalized spacial score (nSPS) is 34.7. The molecule has 0 saturated carbocycles. The van der Waals surface area contributed by atoms with Crippen LogP contribution in [0.4, 0.5) is 4.39 Å². The van der Waals surface area contributed by atoms with Crippen LogP contribution in [0.25, 0.3) is 0 Å². The molecule has 19 heavy (non-hydrogen) atoms. The second-order valence-corrected chi connectivity index (χ2v) is 4.85. The Morgan fingerprint density at radius 2 is 1.89 bits per heavy atom. The number of rotatable bonds is 4. The quantitative estimate of drug-likeness (QED) is 0.733. The van der Waals surface area contributed by atoms with Crippen molar-refractivity contribution < 1.29 is 28.2 Å². The van der Waals surface area contributed by atoms with Gasteiger partial charge in [-0.15, -0.1) is 0 Å². The largest absolute Gasteiger partial charge is 0.463 e. The Morgan fingerprint density at radius 1 is 1.26 bits per heavy atom. The predicted molar refractivity (Wildman–Crippen MR) is 64.9 cm³/mol. The van der Waals surface area contributed by atoms with Crippen molar-refractivity contribution in [3.8, 4) is 0 Å². The standard InChI is InChI=1S/C13H21FO5/c1-5-11(16)19-13-8(3)7(2)12(14)10(18-13)6-17-9(4)15/h7-8,10,12-13H,5-6H2,1-4H3/t7-,8?,10?,12+,13?/m1/s1. The molecule has 1 rings (SSSR count). The van der Waals surface area contributed by atoms with Crippen molar-refractivity contribution in [2.45, 2.75) is 52.7 Å². The molecule has 1 heterocycles. The Bertz CT molecular complexity index is 333. The molecular weight excluding hydrogens is 255 g/mol. The number of ether oxygens (including phenoxy) is 3. The number of esters is 2. The van der Waals surface area contributed by atoms with Gasteiger partial charge in [0.15, 0.2) is 0 Å². The Balaban J connectivity index is 2.67. The van der Waals surface area contributed by atoms with E-state index in [9.17, 15) is 14.0 Å². The van der Waals surface area contributed by atoms with Crippen LogP contribution in [0.2, 0.25) is 0 Å². The summed E-state index contributed by atoms with van der Waals surface area (Å²) in [6, 6.07) is 0. The van der Waals surface area contributed by atoms with Gasteiger partial charge in [0, 0.05) is 19.3 Å². The zero-order valence-corrected chi connectivity index (χ0v) is 11.7. The summed E-state index contributed by atoms with van der Waals surface area (Å²) < 4.78 is 29.4. The minimum Gasteiger partial charge on any atom is -0.463 e. The molecule has 0 N–H and O–H groups in total. The van der Waals surface area contributed by atoms with Crippen molar-refractivity contribution in [3.63, 3.8) is 0 Å². The number of alkyl halides is 1. The van der Waals surface area contributed by atoms with Crippen molar-refractivity contribution in [1.29, 1.82) is 0 Å². The molecule has 1 fully saturated rings. The van der Waals surface area contributed by atoms with Crippen molar-refractivity contribution in [3.05, 3.63) is 0 Å². The molecule has 0 aliphatic carbocycles. The first-order valence-corrected chi connectivity index (χ1v) is 6.49. The van der Waals surface area contributed by atoms with Crippen LogP contribution in [0.3, 0.4) is 0 Å². The molecule has 1 saturated heterocycles. The van der Waals surface area contributed by atoms with Gasteiger partial charge in [-0.3, -0.25) is 9.59 Å². The summed E-state index contributed by atoms with van der Waals surface area (Å²) in [5, 5.41) is 0. The number of hydrogen-bond donors (Lipinski definition) is 0. The molecule has 0 aromatic heterocycles. The van der Waals surface area contributed by atoms with Crippen LogP contribution in [-0.2, 0) is 23.8 Å². The third-order valence-electron chi connectivity index (χ3n) is 3.41. The van der Waals surface area contributed by atoms with Crippen molar-refractivity contribution in [2.24, 2.45) is 11.8 Å². The first-order chi connectivity index (χ1) is 8.86. The Labute approximate surface area is 112 Å². The highest BCUT2D eigenvalue weighted by Crippen LogP contribution is 2.33. The third-order valence-corrected chi connectivity index (χ3v) is 3.41. The third kappa shape index (κ3) is 4.16. The summed E-state index contributed by atoms with van der Waals surface area (Å²) >= 11 is 0. The molecule has 0 amide bonds. The topological polar surface area (TPSA) is 61.8 Å². The summed E-state index contributed by atoms with van der Waals surface area (Å²) in [4.78, 5) is 22.1. The number of carbonyl (C=O) groups excluding carboxylic acids is 2. The van der Waals surface area contributed by atoms with E-state index < -0.39 is 30.5 Å². The first-order valence-electron chi connectivity index (χ1n) is 6.49. The zero-order chi connectivity index (χ0) is 14.6. The molecule has 6 heteroatoms. The lowest BCUT2D eigenvalue weighted by Crippen LogP contribution is -2.50. The van der Waals surface area contributed by atoms with Crippen LogP contribution in [-0.4, -0.2) is 37.1 Å². The monoisotopic (exact) mass is 276 g/mol. The van der Waals surface area contributed by atoms with Gasteiger partial charge < -0.3 is 14.2 Å². The fourth-order valence-electron chi connectivity index (χ4n) is 1.93. The molecule has 0 spiro atoms. The first kappa shape index (κ1) is 15.9. The summed E-state index contributed by atoms with van der Waals surface area (Å²) in [6.07, 6.45) is -2.72. The molecule has 0 aromatic rings. The van der Waals surface area contributed by atoms with Gasteiger partial charge in [-0.05, 0) is 5.92 Å². The van der Waals surface area contributed by atoms with Crippen molar-refractivity contribution >= 4 is 11.9 Å². The van der Waals surface area contributed by atoms with Gasteiger partial charge >= 0.3 is 11.9 Å². The second-order valence-electron chi connectivity index (χ2n) is 4.85. The number of halogens is 1. The van der Waals surface area contributed by atoms with Gasteiger partial charge in [-0.25, -0.2) is 4.39 Å². The number of hydrogen-bond acceptors (Lipinski definition) is 5. The molecule has 5 atom stereocenters. The summed E-state index contributed by atoms with van der Waals surface area (Å²) in [5.74, 6) is -1.49. The zero-order valence-electron chi connectivity index (χ0n) is 11.7. The highest BCUT2D eigenvalue weighted by molar-refractivity contribution is 5.69. The molecule has 1 aliphatic rings. The van der Waals surface area contributed by atoms with E-state index >= 15 is 0 Å². The van der Waals surface area contributed by atoms with Gasteiger partial charge in [0.05, 0.1) is 0 Å². The van der Waals surface area contributed by atoms with Crippen LogP contribution in [0.15, 0.2) is 0 Å². The van der Waals surface area contributed by atoms with Crippen molar-refractivity contribution in [1.82, 2.24) is 0 Å². The van der Waals surface area contributed by atoms with E-state index in [-0.39, 0.29) is 24.9 Å². The van der Waals surface area contributed by atoms with Gasteiger partial charge in [0.1, 0.15) is 18.9 Å². The Hall–Kier alpha value is -1.17. The Morgan fingerprint density at radius 3 is 2.42 bits per heavy atom. The summed E-state index contributed by atoms with van der Waals surface area (Å²) in [6.45, 7) is 6.25. The summed E-state index contributed by atoms with van der Waals surface area (Å²) in [7, 11) is 0. The van der Waals surface area contributed by atoms with Gasteiger partial charge in [0.25, 0.3) is 0 Å². The molecular formula is C13H21FO5. The molecule has 0 bridgehead atoms. The maximum Gasteiger partial charge on any atom is 0.307 e. The predicted octanol–water partition coefficient (Wildman–Crippen LogP) is 1.84. The van der Waals surface area contributed by atoms with Crippen molar-refractivity contribution in [2.75, 3.05) is 6.61 Å². The summed E-state index contributed by atoms with van der Waals surface area (Å²) in [5.41, 5.74) is 0. The van der Waals surface area contributed by atoms with E-state index in [0.717, 1.165) is 0 Å². The van der Waals surface area contributed by atoms with Crippen LogP contribution in [0.1, 0.15) is 34.1 Å². The maximum atomic E-state index is 14.1. The number of carbonyl (C=O) groups is 2. The molecule has 3 unspecified atom stereocenters. The van der Waals surface area contributed by atoms with Gasteiger partial charge in [-0.2, -0.15) is 0 Å². The lowest BCUT2D eigenvalue weighted by Gasteiger charge is -2.40. The SMILES string of the molecule is CCC(=O)OC1OC(COC(C)=O)[C@@H](F)[C@H](C)C1C. The average Bonchev–Trinajstić information content (AvgIpc) is 2.37. The molecule has 1 aliphatic heterocycles. The fraction of sp³-hybridized carbons (Fsp3) is 0.846. The Kier molecular flexibility index (Phi) is 5.72. The second kappa shape index (κ2) is 6.84. The van der Waals surface area contributed by atoms with Crippen LogP contribution < -0.4 is 0 Å². The van der Waals surface area contributed by atoms with Crippen LogP contribution in [0.5, 0.6) is 0 Å². The van der Waals surface area contributed by atoms with E-state index in [1.165, 1.54) is 6.92 Å². The van der Waals surface area contributed by atoms with E-state index in [2.05, 4.69) is 0 Å². The van der Waals surface area contributed by atoms with Gasteiger partial charge in [-0.1, -0.05) is 20.8 Å². The van der Waals surface area contributed by atoms with E-state index in [4.69, 9.17) is 14.2 Å². The lowest BCUT2D eigenvalue weighted by atomic mass is 9.86. The van der Waals surface area contributed by atoms with Gasteiger partial charge in [0.2, 0.25) is 6.29 Å². The average molecular weight is 276 g/mol. The van der Waals surface area contributed by atoms with Crippen LogP contribution >= 0.6 is 0 Å². The van der Waals surface area contributed by atoms with E-state index in [1.54, 1.807) is 20.8 Å². The fourth-order valence-corrected chi connectivity index (χ4v) is 1.93. The lowest BCUT2D eigenvalue weighted by molar-refractivity contribution is -0.252. The molecule has 110 valence electrons. The highest BCUT2D eigenvalue weighted by atomic mass is 19.1. The molecule has 0 radical (unpaired) electrons. The smallest absolute Gasteiger partial charge is 0.307 e. The molecule has 0 aromatic carbocycles. The minimum absolute atomic E-state index is 0.173. The molecule has 5 nitrogen and oxygen atoms in total. The maximum absolute atomic E-state index is 14.1. The van der Waals surface area contributed by atoms with E-state index in [0.29, 0.717) is 0 Å². The van der Waals surface area contributed by atoms with E-state index in [1.807, 2.05) is 0 Å².